The van der Waals surface area contributed by atoms with Gasteiger partial charge < -0.3 is 10.1 Å². The molecule has 1 aromatic rings. The predicted molar refractivity (Wildman–Crippen MR) is 62.0 cm³/mol. The smallest absolute Gasteiger partial charge is 0.0590 e. The standard InChI is InChI=1S/C11H19NOS/c1-4-13-7-6-12-10(3)11-9(2)5-8-14-11/h5,8,10,12H,4,6-7H2,1-3H3/t10-/m1/s1. The first kappa shape index (κ1) is 11.7. The van der Waals surface area contributed by atoms with E-state index < -0.39 is 0 Å². The van der Waals surface area contributed by atoms with E-state index in [1.165, 1.54) is 10.4 Å². The van der Waals surface area contributed by atoms with E-state index in [2.05, 4.69) is 30.6 Å². The van der Waals surface area contributed by atoms with Crippen LogP contribution in [-0.4, -0.2) is 19.8 Å². The summed E-state index contributed by atoms with van der Waals surface area (Å²) in [7, 11) is 0. The van der Waals surface area contributed by atoms with Gasteiger partial charge in [0.2, 0.25) is 0 Å². The number of hydrogen-bond acceptors (Lipinski definition) is 3. The molecule has 0 aliphatic rings. The summed E-state index contributed by atoms with van der Waals surface area (Å²) < 4.78 is 5.27. The van der Waals surface area contributed by atoms with E-state index in [9.17, 15) is 0 Å². The van der Waals surface area contributed by atoms with Gasteiger partial charge in [0.25, 0.3) is 0 Å². The molecule has 1 rings (SSSR count). The molecular weight excluding hydrogens is 194 g/mol. The van der Waals surface area contributed by atoms with Crippen molar-refractivity contribution in [1.82, 2.24) is 5.32 Å². The fraction of sp³-hybridized carbons (Fsp3) is 0.636. The monoisotopic (exact) mass is 213 g/mol. The lowest BCUT2D eigenvalue weighted by molar-refractivity contribution is 0.147. The molecule has 0 fully saturated rings. The van der Waals surface area contributed by atoms with Gasteiger partial charge in [-0.2, -0.15) is 0 Å². The summed E-state index contributed by atoms with van der Waals surface area (Å²) in [5.41, 5.74) is 1.38. The zero-order chi connectivity index (χ0) is 10.4. The van der Waals surface area contributed by atoms with E-state index >= 15 is 0 Å². The van der Waals surface area contributed by atoms with Crippen LogP contribution in [0.2, 0.25) is 0 Å². The third kappa shape index (κ3) is 3.40. The molecule has 0 spiro atoms. The van der Waals surface area contributed by atoms with E-state index in [-0.39, 0.29) is 0 Å². The molecule has 0 unspecified atom stereocenters. The summed E-state index contributed by atoms with van der Waals surface area (Å²) >= 11 is 1.82. The van der Waals surface area contributed by atoms with Gasteiger partial charge in [0.05, 0.1) is 6.61 Å². The second-order valence-electron chi connectivity index (χ2n) is 3.34. The van der Waals surface area contributed by atoms with Crippen LogP contribution in [0, 0.1) is 6.92 Å². The summed E-state index contributed by atoms with van der Waals surface area (Å²) in [5, 5.41) is 5.59. The number of ether oxygens (including phenoxy) is 1. The lowest BCUT2D eigenvalue weighted by atomic mass is 10.2. The summed E-state index contributed by atoms with van der Waals surface area (Å²) in [5.74, 6) is 0. The van der Waals surface area contributed by atoms with Crippen LogP contribution in [-0.2, 0) is 4.74 Å². The minimum absolute atomic E-state index is 0.440. The quantitative estimate of drug-likeness (QED) is 0.734. The Morgan fingerprint density at radius 1 is 1.57 bits per heavy atom. The average molecular weight is 213 g/mol. The summed E-state index contributed by atoms with van der Waals surface area (Å²) in [6, 6.07) is 2.61. The Morgan fingerprint density at radius 3 is 2.93 bits per heavy atom. The van der Waals surface area contributed by atoms with Crippen LogP contribution < -0.4 is 5.32 Å². The Kier molecular flexibility index (Phi) is 5.15. The molecule has 0 aliphatic heterocycles. The van der Waals surface area contributed by atoms with Crippen molar-refractivity contribution >= 4 is 11.3 Å². The Morgan fingerprint density at radius 2 is 2.36 bits per heavy atom. The van der Waals surface area contributed by atoms with Crippen molar-refractivity contribution in [3.63, 3.8) is 0 Å². The largest absolute Gasteiger partial charge is 0.380 e. The summed E-state index contributed by atoms with van der Waals surface area (Å²) in [6.07, 6.45) is 0. The predicted octanol–water partition coefficient (Wildman–Crippen LogP) is 2.74. The van der Waals surface area contributed by atoms with Crippen LogP contribution >= 0.6 is 11.3 Å². The molecule has 1 N–H and O–H groups in total. The molecule has 80 valence electrons. The molecule has 0 bridgehead atoms. The highest BCUT2D eigenvalue weighted by Crippen LogP contribution is 2.22. The second kappa shape index (κ2) is 6.17. The maximum absolute atomic E-state index is 5.27. The Hall–Kier alpha value is -0.380. The van der Waals surface area contributed by atoms with Gasteiger partial charge in [-0.1, -0.05) is 0 Å². The van der Waals surface area contributed by atoms with Crippen molar-refractivity contribution in [2.75, 3.05) is 19.8 Å². The lowest BCUT2D eigenvalue weighted by Gasteiger charge is -2.13. The van der Waals surface area contributed by atoms with Gasteiger partial charge in [0, 0.05) is 24.1 Å². The Balaban J connectivity index is 2.28. The molecule has 0 aromatic carbocycles. The van der Waals surface area contributed by atoms with Gasteiger partial charge >= 0.3 is 0 Å². The second-order valence-corrected chi connectivity index (χ2v) is 4.29. The molecule has 3 heteroatoms. The van der Waals surface area contributed by atoms with Crippen LogP contribution in [0.4, 0.5) is 0 Å². The van der Waals surface area contributed by atoms with Crippen molar-refractivity contribution in [3.05, 3.63) is 21.9 Å². The molecule has 1 atom stereocenters. The molecular formula is C11H19NOS. The van der Waals surface area contributed by atoms with Crippen molar-refractivity contribution in [2.24, 2.45) is 0 Å². The third-order valence-electron chi connectivity index (χ3n) is 2.20. The van der Waals surface area contributed by atoms with E-state index in [0.717, 1.165) is 19.8 Å². The maximum atomic E-state index is 5.27. The molecule has 1 aromatic heterocycles. The van der Waals surface area contributed by atoms with E-state index in [4.69, 9.17) is 4.74 Å². The highest BCUT2D eigenvalue weighted by Gasteiger charge is 2.07. The average Bonchev–Trinajstić information content (AvgIpc) is 2.59. The number of nitrogens with one attached hydrogen (secondary N) is 1. The van der Waals surface area contributed by atoms with Gasteiger partial charge in [0.1, 0.15) is 0 Å². The third-order valence-corrected chi connectivity index (χ3v) is 3.40. The van der Waals surface area contributed by atoms with Crippen molar-refractivity contribution in [2.45, 2.75) is 26.8 Å². The van der Waals surface area contributed by atoms with Crippen LogP contribution in [0.1, 0.15) is 30.3 Å². The molecule has 1 heterocycles. The first-order chi connectivity index (χ1) is 6.75. The Bertz CT molecular complexity index is 260. The fourth-order valence-electron chi connectivity index (χ4n) is 1.41. The van der Waals surface area contributed by atoms with Gasteiger partial charge in [-0.25, -0.2) is 0 Å². The first-order valence-electron chi connectivity index (χ1n) is 5.10. The molecule has 14 heavy (non-hydrogen) atoms. The van der Waals surface area contributed by atoms with Crippen LogP contribution in [0.5, 0.6) is 0 Å². The SMILES string of the molecule is CCOCCN[C@H](C)c1sccc1C. The fourth-order valence-corrected chi connectivity index (χ4v) is 2.37. The minimum atomic E-state index is 0.440. The van der Waals surface area contributed by atoms with Crippen molar-refractivity contribution < 1.29 is 4.74 Å². The highest BCUT2D eigenvalue weighted by molar-refractivity contribution is 7.10. The van der Waals surface area contributed by atoms with E-state index in [1.807, 2.05) is 18.3 Å². The van der Waals surface area contributed by atoms with Crippen LogP contribution in [0.3, 0.4) is 0 Å². The molecule has 2 nitrogen and oxygen atoms in total. The zero-order valence-electron chi connectivity index (χ0n) is 9.17. The number of rotatable bonds is 6. The van der Waals surface area contributed by atoms with E-state index in [1.54, 1.807) is 0 Å². The maximum Gasteiger partial charge on any atom is 0.0590 e. The molecule has 0 amide bonds. The lowest BCUT2D eigenvalue weighted by Crippen LogP contribution is -2.23. The van der Waals surface area contributed by atoms with Crippen LogP contribution in [0.15, 0.2) is 11.4 Å². The van der Waals surface area contributed by atoms with Gasteiger partial charge in [-0.05, 0) is 37.8 Å². The molecule has 0 radical (unpaired) electrons. The normalized spacial score (nSPS) is 13.1. The minimum Gasteiger partial charge on any atom is -0.380 e. The van der Waals surface area contributed by atoms with Crippen molar-refractivity contribution in [1.29, 1.82) is 0 Å². The Labute approximate surface area is 90.3 Å². The van der Waals surface area contributed by atoms with Crippen molar-refractivity contribution in [3.8, 4) is 0 Å². The highest BCUT2D eigenvalue weighted by atomic mass is 32.1. The molecule has 0 saturated heterocycles. The first-order valence-corrected chi connectivity index (χ1v) is 5.98. The summed E-state index contributed by atoms with van der Waals surface area (Å²) in [6.45, 7) is 8.90. The molecule has 0 saturated carbocycles. The number of thiophene rings is 1. The number of aryl methyl sites for hydroxylation is 1. The molecule has 0 aliphatic carbocycles. The van der Waals surface area contributed by atoms with Crippen LogP contribution in [0.25, 0.3) is 0 Å². The number of hydrogen-bond donors (Lipinski definition) is 1. The summed E-state index contributed by atoms with van der Waals surface area (Å²) in [4.78, 5) is 1.43. The van der Waals surface area contributed by atoms with Gasteiger partial charge in [-0.15, -0.1) is 11.3 Å². The van der Waals surface area contributed by atoms with E-state index in [0.29, 0.717) is 6.04 Å². The van der Waals surface area contributed by atoms with Gasteiger partial charge in [0.15, 0.2) is 0 Å². The zero-order valence-corrected chi connectivity index (χ0v) is 9.99. The van der Waals surface area contributed by atoms with Gasteiger partial charge in [-0.3, -0.25) is 0 Å². The topological polar surface area (TPSA) is 21.3 Å².